The van der Waals surface area contributed by atoms with Crippen molar-refractivity contribution in [2.75, 3.05) is 7.11 Å². The molecule has 0 unspecified atom stereocenters. The first kappa shape index (κ1) is 10.2. The Morgan fingerprint density at radius 3 is 2.88 bits per heavy atom. The van der Waals surface area contributed by atoms with Gasteiger partial charge in [-0.1, -0.05) is 0 Å². The minimum atomic E-state index is 0.621. The molecule has 0 fully saturated rings. The molecule has 0 aliphatic heterocycles. The number of hydrogen-bond donors (Lipinski definition) is 1. The number of rotatable bonds is 2. The van der Waals surface area contributed by atoms with Gasteiger partial charge in [0, 0.05) is 22.7 Å². The average Bonchev–Trinajstić information content (AvgIpc) is 2.91. The Morgan fingerprint density at radius 1 is 1.29 bits per heavy atom. The molecule has 0 amide bonds. The molecule has 0 spiro atoms. The molecule has 3 heterocycles. The van der Waals surface area contributed by atoms with Gasteiger partial charge in [0.25, 0.3) is 0 Å². The molecule has 0 aromatic carbocycles. The highest BCUT2D eigenvalue weighted by atomic mass is 32.1. The number of hydrogen-bond acceptors (Lipinski definition) is 5. The van der Waals surface area contributed by atoms with Gasteiger partial charge < -0.3 is 9.72 Å². The molecule has 0 atom stereocenters. The van der Waals surface area contributed by atoms with Crippen molar-refractivity contribution in [2.45, 2.75) is 6.92 Å². The van der Waals surface area contributed by atoms with Crippen LogP contribution >= 0.6 is 11.3 Å². The molecule has 3 rings (SSSR count). The molecular weight excluding hydrogens is 236 g/mol. The van der Waals surface area contributed by atoms with E-state index in [1.165, 1.54) is 0 Å². The van der Waals surface area contributed by atoms with E-state index in [1.807, 2.05) is 12.3 Å². The van der Waals surface area contributed by atoms with Gasteiger partial charge >= 0.3 is 0 Å². The number of aromatic nitrogens is 4. The summed E-state index contributed by atoms with van der Waals surface area (Å²) in [5.41, 5.74) is 2.29. The Labute approximate surface area is 102 Å². The van der Waals surface area contributed by atoms with Crippen LogP contribution in [0, 0.1) is 6.92 Å². The second-order valence-corrected chi connectivity index (χ2v) is 4.63. The first-order chi connectivity index (χ1) is 8.29. The van der Waals surface area contributed by atoms with Crippen LogP contribution in [0.4, 0.5) is 0 Å². The lowest BCUT2D eigenvalue weighted by Gasteiger charge is -2.00. The topological polar surface area (TPSA) is 63.7 Å². The van der Waals surface area contributed by atoms with E-state index in [0.717, 1.165) is 22.0 Å². The van der Waals surface area contributed by atoms with Gasteiger partial charge in [0.05, 0.1) is 12.7 Å². The summed E-state index contributed by atoms with van der Waals surface area (Å²) in [7, 11) is 1.66. The Bertz CT molecular complexity index is 640. The predicted octanol–water partition coefficient (Wildman–Crippen LogP) is 2.40. The first-order valence-corrected chi connectivity index (χ1v) is 5.96. The Kier molecular flexibility index (Phi) is 2.29. The summed E-state index contributed by atoms with van der Waals surface area (Å²) >= 11 is 1.63. The van der Waals surface area contributed by atoms with E-state index in [2.05, 4.69) is 19.9 Å². The fourth-order valence-electron chi connectivity index (χ4n) is 1.73. The fraction of sp³-hybridized carbons (Fsp3) is 0.182. The van der Waals surface area contributed by atoms with Gasteiger partial charge in [-0.25, -0.2) is 15.0 Å². The van der Waals surface area contributed by atoms with E-state index in [1.54, 1.807) is 30.8 Å². The zero-order valence-corrected chi connectivity index (χ0v) is 10.2. The van der Waals surface area contributed by atoms with E-state index < -0.39 is 0 Å². The van der Waals surface area contributed by atoms with Crippen molar-refractivity contribution in [2.24, 2.45) is 0 Å². The third kappa shape index (κ3) is 1.57. The summed E-state index contributed by atoms with van der Waals surface area (Å²) in [6.07, 6.45) is 3.27. The number of aryl methyl sites for hydroxylation is 1. The van der Waals surface area contributed by atoms with E-state index in [9.17, 15) is 0 Å². The summed E-state index contributed by atoms with van der Waals surface area (Å²) in [5.74, 6) is 1.58. The molecule has 5 nitrogen and oxygen atoms in total. The second kappa shape index (κ2) is 3.81. The lowest BCUT2D eigenvalue weighted by Crippen LogP contribution is -1.86. The Morgan fingerprint density at radius 2 is 2.12 bits per heavy atom. The number of imidazole rings is 1. The fourth-order valence-corrected chi connectivity index (χ4v) is 2.54. The average molecular weight is 246 g/mol. The van der Waals surface area contributed by atoms with Crippen molar-refractivity contribution < 1.29 is 4.74 Å². The van der Waals surface area contributed by atoms with Crippen LogP contribution in [0.25, 0.3) is 22.7 Å². The normalized spacial score (nSPS) is 10.9. The van der Waals surface area contributed by atoms with Gasteiger partial charge in [0.15, 0.2) is 11.3 Å². The van der Waals surface area contributed by atoms with E-state index >= 15 is 0 Å². The van der Waals surface area contributed by atoms with E-state index in [-0.39, 0.29) is 0 Å². The molecule has 0 radical (unpaired) electrons. The maximum atomic E-state index is 5.33. The maximum absolute atomic E-state index is 5.33. The molecule has 0 aliphatic rings. The number of thiophene rings is 1. The van der Waals surface area contributed by atoms with Gasteiger partial charge in [-0.05, 0) is 6.92 Å². The number of nitrogens with zero attached hydrogens (tertiary/aromatic N) is 3. The summed E-state index contributed by atoms with van der Waals surface area (Å²) < 4.78 is 5.33. The molecule has 3 aromatic rings. The molecule has 1 N–H and O–H groups in total. The van der Waals surface area contributed by atoms with E-state index in [4.69, 9.17) is 4.74 Å². The molecule has 0 saturated heterocycles. The predicted molar refractivity (Wildman–Crippen MR) is 66.3 cm³/mol. The highest BCUT2D eigenvalue weighted by Gasteiger charge is 2.15. The SMILES string of the molecule is COc1csc(C)c1-c1nc2nccnc2[nH]1. The van der Waals surface area contributed by atoms with Crippen molar-refractivity contribution in [1.29, 1.82) is 0 Å². The van der Waals surface area contributed by atoms with Crippen molar-refractivity contribution in [3.63, 3.8) is 0 Å². The molecular formula is C11H10N4OS. The van der Waals surface area contributed by atoms with Crippen LogP contribution in [0.3, 0.4) is 0 Å². The van der Waals surface area contributed by atoms with Crippen LogP contribution in [-0.2, 0) is 0 Å². The Balaban J connectivity index is 2.23. The number of ether oxygens (including phenoxy) is 1. The van der Waals surface area contributed by atoms with Crippen LogP contribution in [0.2, 0.25) is 0 Å². The van der Waals surface area contributed by atoms with Crippen LogP contribution in [0.5, 0.6) is 5.75 Å². The van der Waals surface area contributed by atoms with Crippen molar-refractivity contribution in [3.05, 3.63) is 22.7 Å². The number of methoxy groups -OCH3 is 1. The number of nitrogens with one attached hydrogen (secondary N) is 1. The van der Waals surface area contributed by atoms with Gasteiger partial charge in [-0.15, -0.1) is 11.3 Å². The van der Waals surface area contributed by atoms with Gasteiger partial charge in [-0.3, -0.25) is 0 Å². The molecule has 6 heteroatoms. The van der Waals surface area contributed by atoms with Gasteiger partial charge in [-0.2, -0.15) is 0 Å². The van der Waals surface area contributed by atoms with Crippen LogP contribution < -0.4 is 4.74 Å². The van der Waals surface area contributed by atoms with Crippen molar-refractivity contribution in [1.82, 2.24) is 19.9 Å². The molecule has 0 aliphatic carbocycles. The monoisotopic (exact) mass is 246 g/mol. The Hall–Kier alpha value is -1.95. The third-order valence-electron chi connectivity index (χ3n) is 2.53. The second-order valence-electron chi connectivity index (χ2n) is 3.55. The summed E-state index contributed by atoms with van der Waals surface area (Å²) in [6.45, 7) is 2.04. The molecule has 3 aromatic heterocycles. The zero-order chi connectivity index (χ0) is 11.8. The maximum Gasteiger partial charge on any atom is 0.197 e. The van der Waals surface area contributed by atoms with Gasteiger partial charge in [0.2, 0.25) is 0 Å². The molecule has 17 heavy (non-hydrogen) atoms. The molecule has 0 bridgehead atoms. The third-order valence-corrected chi connectivity index (χ3v) is 3.42. The van der Waals surface area contributed by atoms with Crippen molar-refractivity contribution in [3.8, 4) is 17.1 Å². The largest absolute Gasteiger partial charge is 0.495 e. The lowest BCUT2D eigenvalue weighted by molar-refractivity contribution is 0.418. The highest BCUT2D eigenvalue weighted by molar-refractivity contribution is 7.10. The smallest absolute Gasteiger partial charge is 0.197 e. The molecule has 0 saturated carbocycles. The quantitative estimate of drug-likeness (QED) is 0.754. The highest BCUT2D eigenvalue weighted by Crippen LogP contribution is 2.36. The minimum Gasteiger partial charge on any atom is -0.495 e. The first-order valence-electron chi connectivity index (χ1n) is 5.09. The van der Waals surface area contributed by atoms with Crippen LogP contribution in [0.15, 0.2) is 17.8 Å². The number of fused-ring (bicyclic) bond motifs is 1. The minimum absolute atomic E-state index is 0.621. The number of aromatic amines is 1. The summed E-state index contributed by atoms with van der Waals surface area (Å²) in [4.78, 5) is 17.1. The van der Waals surface area contributed by atoms with Crippen LogP contribution in [-0.4, -0.2) is 27.0 Å². The molecule has 86 valence electrons. The summed E-state index contributed by atoms with van der Waals surface area (Å²) in [6, 6.07) is 0. The standard InChI is InChI=1S/C11H10N4OS/c1-6-8(7(16-2)5-17-6)9-14-10-11(15-9)13-4-3-12-10/h3-5H,1-2H3,(H,12,13,14,15). The van der Waals surface area contributed by atoms with Crippen molar-refractivity contribution >= 4 is 22.6 Å². The summed E-state index contributed by atoms with van der Waals surface area (Å²) in [5, 5.41) is 1.97. The van der Waals surface area contributed by atoms with Gasteiger partial charge in [0.1, 0.15) is 11.6 Å². The zero-order valence-electron chi connectivity index (χ0n) is 9.39. The van der Waals surface area contributed by atoms with E-state index in [0.29, 0.717) is 11.3 Å². The number of H-pyrrole nitrogens is 1. The van der Waals surface area contributed by atoms with Crippen LogP contribution in [0.1, 0.15) is 4.88 Å². The lowest BCUT2D eigenvalue weighted by atomic mass is 10.2.